The predicted molar refractivity (Wildman–Crippen MR) is 151 cm³/mol. The number of benzene rings is 1. The first-order valence-corrected chi connectivity index (χ1v) is 14.4. The highest BCUT2D eigenvalue weighted by molar-refractivity contribution is 5.69. The molecule has 5 rings (SSSR count). The fourth-order valence-corrected chi connectivity index (χ4v) is 5.89. The van der Waals surface area contributed by atoms with Crippen LogP contribution in [0, 0.1) is 11.3 Å². The van der Waals surface area contributed by atoms with Gasteiger partial charge in [-0.05, 0) is 98.2 Å². The van der Waals surface area contributed by atoms with Crippen molar-refractivity contribution < 1.29 is 5.11 Å². The molecule has 5 heteroatoms. The van der Waals surface area contributed by atoms with Crippen molar-refractivity contribution in [1.29, 1.82) is 0 Å². The Kier molecular flexibility index (Phi) is 7.83. The van der Waals surface area contributed by atoms with Crippen molar-refractivity contribution in [3.63, 3.8) is 0 Å². The maximum Gasteiger partial charge on any atom is 0.0929 e. The summed E-state index contributed by atoms with van der Waals surface area (Å²) in [5, 5.41) is 14.9. The topological polar surface area (TPSA) is 54.2 Å². The van der Waals surface area contributed by atoms with Crippen molar-refractivity contribution in [3.05, 3.63) is 59.4 Å². The Hall–Kier alpha value is -2.50. The Bertz CT molecular complexity index is 1190. The van der Waals surface area contributed by atoms with Crippen molar-refractivity contribution in [2.24, 2.45) is 11.3 Å². The summed E-state index contributed by atoms with van der Waals surface area (Å²) in [6, 6.07) is 13.6. The number of nitrogens with zero attached hydrogens (tertiary/aromatic N) is 4. The van der Waals surface area contributed by atoms with Crippen LogP contribution in [0.5, 0.6) is 0 Å². The second kappa shape index (κ2) is 11.1. The zero-order valence-electron chi connectivity index (χ0n) is 23.2. The van der Waals surface area contributed by atoms with Gasteiger partial charge in [0.15, 0.2) is 0 Å². The minimum absolute atomic E-state index is 0.0104. The molecule has 0 amide bonds. The molecule has 37 heavy (non-hydrogen) atoms. The lowest BCUT2D eigenvalue weighted by atomic mass is 9.75. The molecule has 3 heterocycles. The van der Waals surface area contributed by atoms with Gasteiger partial charge in [-0.1, -0.05) is 39.3 Å². The fourth-order valence-electron chi connectivity index (χ4n) is 5.89. The van der Waals surface area contributed by atoms with Crippen LogP contribution in [0.15, 0.2) is 42.6 Å². The summed E-state index contributed by atoms with van der Waals surface area (Å²) in [5.41, 5.74) is 8.65. The molecule has 0 unspecified atom stereocenters. The predicted octanol–water partition coefficient (Wildman–Crippen LogP) is 6.69. The number of hydrogen-bond acceptors (Lipinski definition) is 4. The molecule has 1 N–H and O–H groups in total. The molecule has 1 saturated heterocycles. The van der Waals surface area contributed by atoms with E-state index in [-0.39, 0.29) is 12.0 Å². The number of aryl methyl sites for hydroxylation is 2. The molecule has 5 nitrogen and oxygen atoms in total. The van der Waals surface area contributed by atoms with E-state index in [2.05, 4.69) is 78.7 Å². The van der Waals surface area contributed by atoms with Gasteiger partial charge in [0.25, 0.3) is 0 Å². The van der Waals surface area contributed by atoms with Crippen LogP contribution in [0.25, 0.3) is 22.5 Å². The van der Waals surface area contributed by atoms with E-state index in [0.717, 1.165) is 61.7 Å². The molecule has 3 aromatic rings. The van der Waals surface area contributed by atoms with Crippen LogP contribution in [0.3, 0.4) is 0 Å². The van der Waals surface area contributed by atoms with Gasteiger partial charge in [-0.15, -0.1) is 0 Å². The van der Waals surface area contributed by atoms with Crippen molar-refractivity contribution in [2.45, 2.75) is 85.2 Å². The fraction of sp³-hybridized carbons (Fsp3) is 0.562. The van der Waals surface area contributed by atoms with Crippen LogP contribution in [-0.2, 0) is 19.5 Å². The molecule has 1 saturated carbocycles. The number of rotatable bonds is 10. The minimum Gasteiger partial charge on any atom is -0.396 e. The standard InChI is InChI=1S/C32H44N4O/c1-5-8-28-15-14-25(19-33-28)31-18-30(34-36(31)6-2)24-12-13-26(29(17-24)23-10-11-23)20-35-16-7-9-27(21-35)32(3,4)22-37/h12-15,17-19,23,27,37H,5-11,16,20-22H2,1-4H3/t27-/m0/s1. The molecule has 0 bridgehead atoms. The van der Waals surface area contributed by atoms with Crippen LogP contribution in [-0.4, -0.2) is 44.5 Å². The molecular weight excluding hydrogens is 456 g/mol. The maximum absolute atomic E-state index is 9.90. The van der Waals surface area contributed by atoms with Gasteiger partial charge in [0.1, 0.15) is 0 Å². The van der Waals surface area contributed by atoms with E-state index in [1.54, 1.807) is 0 Å². The third-order valence-corrected chi connectivity index (χ3v) is 8.58. The molecule has 1 aliphatic carbocycles. The lowest BCUT2D eigenvalue weighted by Crippen LogP contribution is -2.42. The van der Waals surface area contributed by atoms with Gasteiger partial charge < -0.3 is 5.11 Å². The number of hydrogen-bond donors (Lipinski definition) is 1. The number of aliphatic hydroxyl groups is 1. The Labute approximate surface area is 222 Å². The highest BCUT2D eigenvalue weighted by Gasteiger charge is 2.33. The molecular formula is C32H44N4O. The summed E-state index contributed by atoms with van der Waals surface area (Å²) in [5.74, 6) is 1.24. The summed E-state index contributed by atoms with van der Waals surface area (Å²) in [6.45, 7) is 13.1. The van der Waals surface area contributed by atoms with E-state index in [9.17, 15) is 5.11 Å². The van der Waals surface area contributed by atoms with Gasteiger partial charge in [-0.2, -0.15) is 5.10 Å². The smallest absolute Gasteiger partial charge is 0.0929 e. The summed E-state index contributed by atoms with van der Waals surface area (Å²) < 4.78 is 2.10. The van der Waals surface area contributed by atoms with Crippen LogP contribution < -0.4 is 0 Å². The van der Waals surface area contributed by atoms with E-state index in [1.165, 1.54) is 42.4 Å². The second-order valence-corrected chi connectivity index (χ2v) is 11.9. The van der Waals surface area contributed by atoms with Gasteiger partial charge >= 0.3 is 0 Å². The normalized spacial score (nSPS) is 18.9. The summed E-state index contributed by atoms with van der Waals surface area (Å²) in [6.07, 6.45) is 9.16. The lowest BCUT2D eigenvalue weighted by Gasteiger charge is -2.41. The monoisotopic (exact) mass is 500 g/mol. The van der Waals surface area contributed by atoms with Gasteiger partial charge in [0.05, 0.1) is 11.4 Å². The molecule has 2 aliphatic rings. The summed E-state index contributed by atoms with van der Waals surface area (Å²) in [4.78, 5) is 7.30. The van der Waals surface area contributed by atoms with Crippen LogP contribution in [0.2, 0.25) is 0 Å². The van der Waals surface area contributed by atoms with Crippen molar-refractivity contribution in [1.82, 2.24) is 19.7 Å². The van der Waals surface area contributed by atoms with Gasteiger partial charge in [0.2, 0.25) is 0 Å². The summed E-state index contributed by atoms with van der Waals surface area (Å²) in [7, 11) is 0. The number of aromatic nitrogens is 3. The van der Waals surface area contributed by atoms with E-state index in [1.807, 2.05) is 6.20 Å². The molecule has 1 aromatic carbocycles. The third kappa shape index (κ3) is 5.83. The van der Waals surface area contributed by atoms with Crippen molar-refractivity contribution in [2.75, 3.05) is 19.7 Å². The maximum atomic E-state index is 9.90. The van der Waals surface area contributed by atoms with Crippen LogP contribution in [0.4, 0.5) is 0 Å². The molecule has 1 aliphatic heterocycles. The van der Waals surface area contributed by atoms with Crippen LogP contribution >= 0.6 is 0 Å². The van der Waals surface area contributed by atoms with E-state index in [4.69, 9.17) is 5.10 Å². The summed E-state index contributed by atoms with van der Waals surface area (Å²) >= 11 is 0. The molecule has 0 radical (unpaired) electrons. The first-order valence-electron chi connectivity index (χ1n) is 14.4. The molecule has 2 fully saturated rings. The molecule has 1 atom stereocenters. The average Bonchev–Trinajstić information content (AvgIpc) is 3.68. The first kappa shape index (κ1) is 26.1. The molecule has 0 spiro atoms. The van der Waals surface area contributed by atoms with Crippen molar-refractivity contribution >= 4 is 0 Å². The number of likely N-dealkylation sites (tertiary alicyclic amines) is 1. The van der Waals surface area contributed by atoms with Crippen molar-refractivity contribution in [3.8, 4) is 22.5 Å². The van der Waals surface area contributed by atoms with E-state index in [0.29, 0.717) is 11.8 Å². The SMILES string of the molecule is CCCc1ccc(-c2cc(-c3ccc(CN4CCC[C@H](C(C)(C)CO)C4)c(C4CC4)c3)nn2CC)cn1. The van der Waals surface area contributed by atoms with Crippen LogP contribution in [0.1, 0.15) is 82.5 Å². The zero-order chi connectivity index (χ0) is 26.0. The Morgan fingerprint density at radius 2 is 1.84 bits per heavy atom. The zero-order valence-corrected chi connectivity index (χ0v) is 23.2. The number of piperidine rings is 1. The Morgan fingerprint density at radius 1 is 1.03 bits per heavy atom. The van der Waals surface area contributed by atoms with Gasteiger partial charge in [0, 0.05) is 49.3 Å². The Balaban J connectivity index is 1.38. The van der Waals surface area contributed by atoms with E-state index < -0.39 is 0 Å². The largest absolute Gasteiger partial charge is 0.396 e. The number of pyridine rings is 1. The van der Waals surface area contributed by atoms with Gasteiger partial charge in [-0.25, -0.2) is 0 Å². The third-order valence-electron chi connectivity index (χ3n) is 8.58. The quantitative estimate of drug-likeness (QED) is 0.337. The molecule has 2 aromatic heterocycles. The Morgan fingerprint density at radius 3 is 2.51 bits per heavy atom. The lowest BCUT2D eigenvalue weighted by molar-refractivity contribution is 0.0381. The molecule has 198 valence electrons. The first-order chi connectivity index (χ1) is 17.9. The highest BCUT2D eigenvalue weighted by Crippen LogP contribution is 2.44. The van der Waals surface area contributed by atoms with E-state index >= 15 is 0 Å². The average molecular weight is 501 g/mol. The highest BCUT2D eigenvalue weighted by atomic mass is 16.3. The minimum atomic E-state index is -0.0104. The second-order valence-electron chi connectivity index (χ2n) is 11.9. The van der Waals surface area contributed by atoms with Gasteiger partial charge in [-0.3, -0.25) is 14.6 Å². The number of aliphatic hydroxyl groups excluding tert-OH is 1.